The van der Waals surface area contributed by atoms with Crippen LogP contribution >= 0.6 is 0 Å². The molecule has 11 nitrogen and oxygen atoms in total. The maximum Gasteiger partial charge on any atom is 0.294 e. The van der Waals surface area contributed by atoms with E-state index in [1.165, 1.54) is 10.8 Å². The van der Waals surface area contributed by atoms with Crippen molar-refractivity contribution in [3.05, 3.63) is 88.8 Å². The zero-order chi connectivity index (χ0) is 27.4. The number of aromatic nitrogens is 5. The van der Waals surface area contributed by atoms with E-state index >= 15 is 0 Å². The molecule has 0 unspecified atom stereocenters. The van der Waals surface area contributed by atoms with E-state index in [9.17, 15) is 14.4 Å². The van der Waals surface area contributed by atoms with E-state index in [1.807, 2.05) is 44.2 Å². The van der Waals surface area contributed by atoms with E-state index in [0.29, 0.717) is 17.0 Å². The standard InChI is InChI=1S/C27H29N7O4/c1-16(2)21(22(36)24-32-33-26(38-24)27(3,4)19-12-8-9-13-29-19)31-20(35)15-34-18(14-30-23(28)25(34)37)17-10-6-5-7-11-17/h5-14,16,21H,15H2,1-4H3,(H2,28,30)(H,31,35)/t21-/m1/s1. The van der Waals surface area contributed by atoms with E-state index in [4.69, 9.17) is 10.2 Å². The molecule has 0 aliphatic carbocycles. The first-order valence-corrected chi connectivity index (χ1v) is 12.1. The first kappa shape index (κ1) is 26.4. The average Bonchev–Trinajstić information content (AvgIpc) is 3.42. The highest BCUT2D eigenvalue weighted by atomic mass is 16.4. The van der Waals surface area contributed by atoms with Crippen molar-refractivity contribution in [1.82, 2.24) is 30.0 Å². The molecular formula is C27H29N7O4. The third-order valence-electron chi connectivity index (χ3n) is 6.19. The number of nitrogen functional groups attached to an aromatic ring is 1. The maximum atomic E-state index is 13.3. The van der Waals surface area contributed by atoms with Crippen LogP contribution in [0, 0.1) is 5.92 Å². The predicted octanol–water partition coefficient (Wildman–Crippen LogP) is 2.62. The third kappa shape index (κ3) is 5.36. The summed E-state index contributed by atoms with van der Waals surface area (Å²) in [7, 11) is 0. The number of hydrogen-bond acceptors (Lipinski definition) is 9. The minimum Gasteiger partial charge on any atom is -0.417 e. The summed E-state index contributed by atoms with van der Waals surface area (Å²) in [4.78, 5) is 47.5. The lowest BCUT2D eigenvalue weighted by atomic mass is 9.89. The lowest BCUT2D eigenvalue weighted by Crippen LogP contribution is -2.46. The number of nitrogens with zero attached hydrogens (tertiary/aromatic N) is 5. The Kier molecular flexibility index (Phi) is 7.47. The Morgan fingerprint density at radius 2 is 1.76 bits per heavy atom. The Hall–Kier alpha value is -4.67. The van der Waals surface area contributed by atoms with Gasteiger partial charge in [0.05, 0.1) is 29.0 Å². The number of nitrogens with two attached hydrogens (primary N) is 1. The van der Waals surface area contributed by atoms with Crippen molar-refractivity contribution < 1.29 is 14.0 Å². The van der Waals surface area contributed by atoms with Crippen molar-refractivity contribution in [3.8, 4) is 11.3 Å². The van der Waals surface area contributed by atoms with Crippen molar-refractivity contribution in [2.45, 2.75) is 45.7 Å². The molecule has 196 valence electrons. The van der Waals surface area contributed by atoms with Gasteiger partial charge in [0.15, 0.2) is 5.82 Å². The molecule has 38 heavy (non-hydrogen) atoms. The van der Waals surface area contributed by atoms with Gasteiger partial charge in [-0.15, -0.1) is 10.2 Å². The molecule has 4 aromatic rings. The highest BCUT2D eigenvalue weighted by Gasteiger charge is 2.35. The monoisotopic (exact) mass is 515 g/mol. The largest absolute Gasteiger partial charge is 0.417 e. The van der Waals surface area contributed by atoms with Crippen molar-refractivity contribution in [1.29, 1.82) is 0 Å². The van der Waals surface area contributed by atoms with Gasteiger partial charge in [-0.25, -0.2) is 4.98 Å². The number of pyridine rings is 1. The van der Waals surface area contributed by atoms with Gasteiger partial charge in [0.25, 0.3) is 11.4 Å². The van der Waals surface area contributed by atoms with Crippen LogP contribution in [-0.4, -0.2) is 42.5 Å². The fraction of sp³-hybridized carbons (Fsp3) is 0.296. The Bertz CT molecular complexity index is 1490. The van der Waals surface area contributed by atoms with Crippen molar-refractivity contribution in [2.75, 3.05) is 5.73 Å². The van der Waals surface area contributed by atoms with Crippen molar-refractivity contribution in [3.63, 3.8) is 0 Å². The van der Waals surface area contributed by atoms with Gasteiger partial charge in [-0.3, -0.25) is 23.9 Å². The molecule has 0 spiro atoms. The van der Waals surface area contributed by atoms with Gasteiger partial charge in [-0.1, -0.05) is 50.2 Å². The number of Topliss-reactive ketones (excluding diaryl/α,β-unsaturated/α-hetero) is 1. The predicted molar refractivity (Wildman–Crippen MR) is 140 cm³/mol. The summed E-state index contributed by atoms with van der Waals surface area (Å²) >= 11 is 0. The quantitative estimate of drug-likeness (QED) is 0.319. The highest BCUT2D eigenvalue weighted by Crippen LogP contribution is 2.29. The topological polar surface area (TPSA) is 159 Å². The lowest BCUT2D eigenvalue weighted by Gasteiger charge is -2.21. The summed E-state index contributed by atoms with van der Waals surface area (Å²) in [6.07, 6.45) is 3.10. The number of rotatable bonds is 9. The summed E-state index contributed by atoms with van der Waals surface area (Å²) in [6, 6.07) is 13.6. The third-order valence-corrected chi connectivity index (χ3v) is 6.19. The molecule has 0 aliphatic rings. The van der Waals surface area contributed by atoms with Crippen LogP contribution in [0.2, 0.25) is 0 Å². The zero-order valence-electron chi connectivity index (χ0n) is 21.6. The summed E-state index contributed by atoms with van der Waals surface area (Å²) in [6.45, 7) is 6.92. The molecule has 0 bridgehead atoms. The van der Waals surface area contributed by atoms with E-state index in [2.05, 4.69) is 25.5 Å². The summed E-state index contributed by atoms with van der Waals surface area (Å²) in [5.74, 6) is -1.64. The molecule has 3 heterocycles. The number of ketones is 1. The normalized spacial score (nSPS) is 12.3. The summed E-state index contributed by atoms with van der Waals surface area (Å²) in [5.41, 5.74) is 6.21. The fourth-order valence-corrected chi connectivity index (χ4v) is 3.95. The number of nitrogens with one attached hydrogen (secondary N) is 1. The SMILES string of the molecule is CC(C)[C@@H](NC(=O)Cn1c(-c2ccccc2)cnc(N)c1=O)C(=O)c1nnc(C(C)(C)c2ccccn2)o1. The van der Waals surface area contributed by atoms with Crippen LogP contribution in [0.4, 0.5) is 5.82 Å². The van der Waals surface area contributed by atoms with Gasteiger partial charge < -0.3 is 15.5 Å². The minimum atomic E-state index is -0.969. The molecule has 0 saturated carbocycles. The van der Waals surface area contributed by atoms with Crippen LogP contribution in [0.3, 0.4) is 0 Å². The van der Waals surface area contributed by atoms with Crippen LogP contribution in [0.5, 0.6) is 0 Å². The number of carbonyl (C=O) groups excluding carboxylic acids is 2. The molecule has 3 aromatic heterocycles. The zero-order valence-corrected chi connectivity index (χ0v) is 21.6. The van der Waals surface area contributed by atoms with E-state index < -0.39 is 28.7 Å². The molecule has 0 aliphatic heterocycles. The smallest absolute Gasteiger partial charge is 0.294 e. The van der Waals surface area contributed by atoms with Gasteiger partial charge in [0.2, 0.25) is 17.6 Å². The Balaban J connectivity index is 1.56. The average molecular weight is 516 g/mol. The van der Waals surface area contributed by atoms with Crippen molar-refractivity contribution >= 4 is 17.5 Å². The van der Waals surface area contributed by atoms with Gasteiger partial charge in [-0.2, -0.15) is 0 Å². The summed E-state index contributed by atoms with van der Waals surface area (Å²) in [5, 5.41) is 10.8. The van der Waals surface area contributed by atoms with Gasteiger partial charge in [-0.05, 0) is 37.5 Å². The highest BCUT2D eigenvalue weighted by molar-refractivity contribution is 5.98. The molecule has 0 fully saturated rings. The Morgan fingerprint density at radius 3 is 2.42 bits per heavy atom. The molecule has 0 radical (unpaired) electrons. The van der Waals surface area contributed by atoms with E-state index in [-0.39, 0.29) is 30.1 Å². The second-order valence-electron chi connectivity index (χ2n) is 9.69. The van der Waals surface area contributed by atoms with Crippen LogP contribution in [0.25, 0.3) is 11.3 Å². The molecule has 0 saturated heterocycles. The number of amides is 1. The van der Waals surface area contributed by atoms with Gasteiger partial charge in [0.1, 0.15) is 6.54 Å². The Labute approximate surface area is 219 Å². The summed E-state index contributed by atoms with van der Waals surface area (Å²) < 4.78 is 7.00. The van der Waals surface area contributed by atoms with Crippen LogP contribution in [0.15, 0.2) is 70.1 Å². The van der Waals surface area contributed by atoms with Crippen LogP contribution in [-0.2, 0) is 16.8 Å². The molecule has 11 heteroatoms. The first-order chi connectivity index (χ1) is 18.1. The van der Waals surface area contributed by atoms with Crippen LogP contribution in [0.1, 0.15) is 50.0 Å². The minimum absolute atomic E-state index is 0.222. The number of hydrogen-bond donors (Lipinski definition) is 2. The number of anilines is 1. The van der Waals surface area contributed by atoms with Gasteiger partial charge >= 0.3 is 0 Å². The van der Waals surface area contributed by atoms with Gasteiger partial charge in [0, 0.05) is 6.20 Å². The number of carbonyl (C=O) groups is 2. The molecular weight excluding hydrogens is 486 g/mol. The second-order valence-corrected chi connectivity index (χ2v) is 9.69. The lowest BCUT2D eigenvalue weighted by molar-refractivity contribution is -0.122. The Morgan fingerprint density at radius 1 is 1.05 bits per heavy atom. The van der Waals surface area contributed by atoms with Crippen molar-refractivity contribution in [2.24, 2.45) is 5.92 Å². The number of benzene rings is 1. The molecule has 1 atom stereocenters. The maximum absolute atomic E-state index is 13.3. The fourth-order valence-electron chi connectivity index (χ4n) is 3.95. The molecule has 1 aromatic carbocycles. The van der Waals surface area contributed by atoms with E-state index in [1.54, 1.807) is 38.2 Å². The van der Waals surface area contributed by atoms with Crippen LogP contribution < -0.4 is 16.6 Å². The van der Waals surface area contributed by atoms with E-state index in [0.717, 1.165) is 0 Å². The first-order valence-electron chi connectivity index (χ1n) is 12.1. The molecule has 4 rings (SSSR count). The molecule has 3 N–H and O–H groups in total. The molecule has 1 amide bonds. The second kappa shape index (κ2) is 10.8.